The lowest BCUT2D eigenvalue weighted by molar-refractivity contribution is 0.0697. The van der Waals surface area contributed by atoms with E-state index in [1.807, 2.05) is 0 Å². The molecule has 2 nitrogen and oxygen atoms in total. The van der Waals surface area contributed by atoms with E-state index in [4.69, 9.17) is 5.11 Å². The summed E-state index contributed by atoms with van der Waals surface area (Å²) < 4.78 is 0.887. The summed E-state index contributed by atoms with van der Waals surface area (Å²) in [5.41, 5.74) is 0.309. The van der Waals surface area contributed by atoms with Crippen molar-refractivity contribution in [3.05, 3.63) is 34.3 Å². The van der Waals surface area contributed by atoms with Gasteiger partial charge in [0.1, 0.15) is 0 Å². The molecular weight excluding hydrogens is 197 g/mol. The third-order valence-corrected chi connectivity index (χ3v) is 1.62. The van der Waals surface area contributed by atoms with Gasteiger partial charge in [-0.25, -0.2) is 4.79 Å². The molecule has 0 saturated carbocycles. The Morgan fingerprint density at radius 3 is 2.20 bits per heavy atom. The van der Waals surface area contributed by atoms with Gasteiger partial charge in [-0.3, -0.25) is 0 Å². The summed E-state index contributed by atoms with van der Waals surface area (Å²) in [5.74, 6) is -0.896. The number of halogens is 1. The molecule has 10 heavy (non-hydrogen) atoms. The SMILES string of the molecule is O=[13C](O)c1ccc(Br)cc1. The fourth-order valence-corrected chi connectivity index (χ4v) is 0.857. The Morgan fingerprint density at radius 2 is 1.80 bits per heavy atom. The predicted molar refractivity (Wildman–Crippen MR) is 41.1 cm³/mol. The van der Waals surface area contributed by atoms with Gasteiger partial charge >= 0.3 is 5.97 Å². The standard InChI is InChI=1S/C7H5BrO2/c8-6-3-1-5(2-4-6)7(9)10/h1-4H,(H,9,10)/i7+1. The first kappa shape index (κ1) is 7.28. The molecule has 0 aliphatic heterocycles. The van der Waals surface area contributed by atoms with E-state index in [2.05, 4.69) is 15.9 Å². The van der Waals surface area contributed by atoms with Gasteiger partial charge < -0.3 is 5.11 Å². The largest absolute Gasteiger partial charge is 0.478 e. The minimum Gasteiger partial charge on any atom is -0.478 e. The Hall–Kier alpha value is -0.830. The number of carbonyl (C=O) groups is 1. The van der Waals surface area contributed by atoms with Crippen LogP contribution in [0.3, 0.4) is 0 Å². The molecule has 1 aromatic carbocycles. The lowest BCUT2D eigenvalue weighted by Gasteiger charge is -1.91. The van der Waals surface area contributed by atoms with Gasteiger partial charge in [-0.05, 0) is 24.3 Å². The van der Waals surface area contributed by atoms with Crippen molar-refractivity contribution in [1.29, 1.82) is 0 Å². The molecule has 1 N–H and O–H groups in total. The Balaban J connectivity index is 3.00. The zero-order chi connectivity index (χ0) is 7.56. The molecule has 0 heterocycles. The van der Waals surface area contributed by atoms with Gasteiger partial charge in [-0.15, -0.1) is 0 Å². The Bertz CT molecular complexity index is 240. The molecule has 0 radical (unpaired) electrons. The minimum absolute atomic E-state index is 0.309. The third-order valence-electron chi connectivity index (χ3n) is 1.09. The fourth-order valence-electron chi connectivity index (χ4n) is 0.592. The molecule has 0 saturated heterocycles. The van der Waals surface area contributed by atoms with Gasteiger partial charge in [0.05, 0.1) is 5.56 Å². The van der Waals surface area contributed by atoms with Crippen LogP contribution in [0.5, 0.6) is 0 Å². The number of carboxylic acid groups (broad SMARTS) is 1. The Labute approximate surface area is 66.6 Å². The van der Waals surface area contributed by atoms with Crippen molar-refractivity contribution in [2.45, 2.75) is 0 Å². The molecule has 1 rings (SSSR count). The molecule has 3 heteroatoms. The van der Waals surface area contributed by atoms with Crippen LogP contribution in [0.1, 0.15) is 10.4 Å². The van der Waals surface area contributed by atoms with Crippen LogP contribution in [0.4, 0.5) is 0 Å². The van der Waals surface area contributed by atoms with E-state index < -0.39 is 5.97 Å². The van der Waals surface area contributed by atoms with E-state index in [0.29, 0.717) is 5.56 Å². The molecule has 0 amide bonds. The highest BCUT2D eigenvalue weighted by Gasteiger charge is 1.98. The maximum atomic E-state index is 10.3. The van der Waals surface area contributed by atoms with Gasteiger partial charge in [-0.1, -0.05) is 15.9 Å². The van der Waals surface area contributed by atoms with Gasteiger partial charge in [0.2, 0.25) is 0 Å². The molecule has 0 aliphatic rings. The lowest BCUT2D eigenvalue weighted by Crippen LogP contribution is -1.94. The zero-order valence-corrected chi connectivity index (χ0v) is 6.63. The second-order valence-electron chi connectivity index (χ2n) is 1.81. The topological polar surface area (TPSA) is 37.3 Å². The van der Waals surface area contributed by atoms with Crippen molar-refractivity contribution >= 4 is 21.9 Å². The van der Waals surface area contributed by atoms with Crippen LogP contribution in [0, 0.1) is 0 Å². The number of carboxylic acids is 1. The third kappa shape index (κ3) is 1.57. The maximum absolute atomic E-state index is 10.3. The van der Waals surface area contributed by atoms with Crippen molar-refractivity contribution in [2.75, 3.05) is 0 Å². The summed E-state index contributed by atoms with van der Waals surface area (Å²) in [7, 11) is 0. The molecular formula is C7H5BrO2. The first-order chi connectivity index (χ1) is 4.70. The van der Waals surface area contributed by atoms with E-state index in [-0.39, 0.29) is 0 Å². The monoisotopic (exact) mass is 201 g/mol. The van der Waals surface area contributed by atoms with E-state index in [1.165, 1.54) is 0 Å². The van der Waals surface area contributed by atoms with E-state index in [1.54, 1.807) is 24.3 Å². The first-order valence-electron chi connectivity index (χ1n) is 2.69. The average molecular weight is 202 g/mol. The number of hydrogen-bond donors (Lipinski definition) is 1. The summed E-state index contributed by atoms with van der Waals surface area (Å²) in [4.78, 5) is 10.3. The second kappa shape index (κ2) is 2.84. The Kier molecular flexibility index (Phi) is 2.06. The first-order valence-corrected chi connectivity index (χ1v) is 3.48. The molecule has 52 valence electrons. The van der Waals surface area contributed by atoms with Crippen LogP contribution < -0.4 is 0 Å². The average Bonchev–Trinajstić information content (AvgIpc) is 1.88. The molecule has 1 aromatic rings. The molecule has 0 fully saturated rings. The van der Waals surface area contributed by atoms with E-state index in [0.717, 1.165) is 4.47 Å². The predicted octanol–water partition coefficient (Wildman–Crippen LogP) is 2.15. The van der Waals surface area contributed by atoms with Crippen molar-refractivity contribution in [1.82, 2.24) is 0 Å². The number of benzene rings is 1. The highest BCUT2D eigenvalue weighted by atomic mass is 79.9. The highest BCUT2D eigenvalue weighted by molar-refractivity contribution is 9.10. The number of rotatable bonds is 1. The molecule has 0 unspecified atom stereocenters. The van der Waals surface area contributed by atoms with Gasteiger partial charge in [0, 0.05) is 4.47 Å². The second-order valence-corrected chi connectivity index (χ2v) is 2.73. The number of hydrogen-bond acceptors (Lipinski definition) is 1. The molecule has 0 aromatic heterocycles. The van der Waals surface area contributed by atoms with Crippen LogP contribution >= 0.6 is 15.9 Å². The zero-order valence-electron chi connectivity index (χ0n) is 5.04. The normalized spacial score (nSPS) is 9.30. The summed E-state index contributed by atoms with van der Waals surface area (Å²) in [5, 5.41) is 8.46. The van der Waals surface area contributed by atoms with Gasteiger partial charge in [0.15, 0.2) is 0 Å². The van der Waals surface area contributed by atoms with Crippen LogP contribution in [0.2, 0.25) is 0 Å². The van der Waals surface area contributed by atoms with Crippen molar-refractivity contribution in [2.24, 2.45) is 0 Å². The maximum Gasteiger partial charge on any atom is 0.335 e. The number of aromatic carboxylic acids is 1. The molecule has 0 bridgehead atoms. The lowest BCUT2D eigenvalue weighted by atomic mass is 10.3. The van der Waals surface area contributed by atoms with Crippen LogP contribution in [0.15, 0.2) is 28.7 Å². The van der Waals surface area contributed by atoms with E-state index >= 15 is 0 Å². The van der Waals surface area contributed by atoms with Crippen LogP contribution in [0.25, 0.3) is 0 Å². The quantitative estimate of drug-likeness (QED) is 0.708. The van der Waals surface area contributed by atoms with Crippen LogP contribution in [-0.2, 0) is 0 Å². The Morgan fingerprint density at radius 1 is 1.30 bits per heavy atom. The van der Waals surface area contributed by atoms with Crippen molar-refractivity contribution in [3.8, 4) is 0 Å². The van der Waals surface area contributed by atoms with Crippen molar-refractivity contribution < 1.29 is 9.90 Å². The summed E-state index contributed by atoms with van der Waals surface area (Å²) in [6.45, 7) is 0. The smallest absolute Gasteiger partial charge is 0.335 e. The summed E-state index contributed by atoms with van der Waals surface area (Å²) in [6, 6.07) is 6.49. The fraction of sp³-hybridized carbons (Fsp3) is 0. The van der Waals surface area contributed by atoms with Gasteiger partial charge in [-0.2, -0.15) is 0 Å². The summed E-state index contributed by atoms with van der Waals surface area (Å²) in [6.07, 6.45) is 0. The van der Waals surface area contributed by atoms with Gasteiger partial charge in [0.25, 0.3) is 0 Å². The van der Waals surface area contributed by atoms with E-state index in [9.17, 15) is 4.79 Å². The highest BCUT2D eigenvalue weighted by Crippen LogP contribution is 2.09. The van der Waals surface area contributed by atoms with Crippen molar-refractivity contribution in [3.63, 3.8) is 0 Å². The summed E-state index contributed by atoms with van der Waals surface area (Å²) >= 11 is 3.20. The molecule has 0 atom stereocenters. The minimum atomic E-state index is -0.896. The van der Waals surface area contributed by atoms with Crippen LogP contribution in [-0.4, -0.2) is 11.1 Å². The molecule has 0 spiro atoms. The molecule has 0 aliphatic carbocycles.